The minimum atomic E-state index is -0.311. The smallest absolute Gasteiger partial charge is 0.219 e. The van der Waals surface area contributed by atoms with E-state index in [1.165, 1.54) is 0 Å². The van der Waals surface area contributed by atoms with E-state index in [0.717, 1.165) is 29.1 Å². The summed E-state index contributed by atoms with van der Waals surface area (Å²) in [5.74, 6) is 1.51. The lowest BCUT2D eigenvalue weighted by molar-refractivity contribution is -0.129. The van der Waals surface area contributed by atoms with E-state index in [0.29, 0.717) is 25.5 Å². The predicted octanol–water partition coefficient (Wildman–Crippen LogP) is 2.28. The fourth-order valence-corrected chi connectivity index (χ4v) is 2.84. The first-order valence-corrected chi connectivity index (χ1v) is 8.74. The number of rotatable bonds is 5. The number of hydrogen-bond donors (Lipinski definition) is 1. The Morgan fingerprint density at radius 3 is 2.69 bits per heavy atom. The zero-order valence-electron chi connectivity index (χ0n) is 15.7. The normalized spacial score (nSPS) is 14.1. The van der Waals surface area contributed by atoms with Crippen LogP contribution in [0.2, 0.25) is 0 Å². The molecule has 0 saturated heterocycles. The second kappa shape index (κ2) is 7.37. The van der Waals surface area contributed by atoms with Gasteiger partial charge in [-0.25, -0.2) is 9.97 Å². The summed E-state index contributed by atoms with van der Waals surface area (Å²) < 4.78 is 5.50. The van der Waals surface area contributed by atoms with Gasteiger partial charge in [-0.2, -0.15) is 0 Å². The van der Waals surface area contributed by atoms with Gasteiger partial charge in [0.25, 0.3) is 0 Å². The molecule has 0 bridgehead atoms. The van der Waals surface area contributed by atoms with Crippen LogP contribution in [0, 0.1) is 0 Å². The first-order chi connectivity index (χ1) is 12.4. The summed E-state index contributed by atoms with van der Waals surface area (Å²) in [6.45, 7) is 7.45. The van der Waals surface area contributed by atoms with E-state index >= 15 is 0 Å². The highest BCUT2D eigenvalue weighted by atomic mass is 16.5. The van der Waals surface area contributed by atoms with Crippen molar-refractivity contribution >= 4 is 11.7 Å². The minimum absolute atomic E-state index is 0.0646. The van der Waals surface area contributed by atoms with Crippen LogP contribution in [-0.4, -0.2) is 51.6 Å². The monoisotopic (exact) mass is 355 g/mol. The lowest BCUT2D eigenvalue weighted by Crippen LogP contribution is -2.36. The van der Waals surface area contributed by atoms with Gasteiger partial charge in [-0.1, -0.05) is 0 Å². The SMILES string of the molecule is COC(C)(C)CNc1nc(-c2ccncc2)nc2c1CCN(C(C)=O)C2. The molecule has 2 aromatic rings. The number of carbonyl (C=O) groups is 1. The van der Waals surface area contributed by atoms with Crippen molar-refractivity contribution in [2.75, 3.05) is 25.5 Å². The number of fused-ring (bicyclic) bond motifs is 1. The van der Waals surface area contributed by atoms with Crippen LogP contribution < -0.4 is 5.32 Å². The van der Waals surface area contributed by atoms with Crippen LogP contribution >= 0.6 is 0 Å². The third-order valence-electron chi connectivity index (χ3n) is 4.68. The molecule has 0 saturated carbocycles. The van der Waals surface area contributed by atoms with Crippen molar-refractivity contribution < 1.29 is 9.53 Å². The van der Waals surface area contributed by atoms with Crippen molar-refractivity contribution in [3.8, 4) is 11.4 Å². The molecule has 0 unspecified atom stereocenters. The maximum Gasteiger partial charge on any atom is 0.219 e. The maximum atomic E-state index is 11.8. The van der Waals surface area contributed by atoms with Crippen molar-refractivity contribution in [3.05, 3.63) is 35.8 Å². The molecule has 1 N–H and O–H groups in total. The molecule has 26 heavy (non-hydrogen) atoms. The Hall–Kier alpha value is -2.54. The Bertz CT molecular complexity index is 792. The van der Waals surface area contributed by atoms with Crippen LogP contribution in [0.5, 0.6) is 0 Å². The second-order valence-electron chi connectivity index (χ2n) is 7.06. The number of anilines is 1. The molecule has 3 heterocycles. The zero-order chi connectivity index (χ0) is 18.7. The van der Waals surface area contributed by atoms with E-state index in [1.807, 2.05) is 30.9 Å². The first kappa shape index (κ1) is 18.3. The topological polar surface area (TPSA) is 80.2 Å². The number of carbonyl (C=O) groups excluding carboxylic acids is 1. The van der Waals surface area contributed by atoms with Crippen LogP contribution in [0.15, 0.2) is 24.5 Å². The number of hydrogen-bond acceptors (Lipinski definition) is 6. The number of nitrogens with zero attached hydrogens (tertiary/aromatic N) is 4. The van der Waals surface area contributed by atoms with Crippen molar-refractivity contribution in [1.82, 2.24) is 19.9 Å². The Morgan fingerprint density at radius 1 is 1.31 bits per heavy atom. The summed E-state index contributed by atoms with van der Waals surface area (Å²) in [4.78, 5) is 27.1. The largest absolute Gasteiger partial charge is 0.377 e. The molecule has 7 heteroatoms. The van der Waals surface area contributed by atoms with E-state index < -0.39 is 0 Å². The molecule has 0 spiro atoms. The molecule has 1 aliphatic rings. The van der Waals surface area contributed by atoms with Gasteiger partial charge in [-0.15, -0.1) is 0 Å². The number of methoxy groups -OCH3 is 1. The fraction of sp³-hybridized carbons (Fsp3) is 0.474. The summed E-state index contributed by atoms with van der Waals surface area (Å²) in [6.07, 6.45) is 4.18. The summed E-state index contributed by atoms with van der Waals surface area (Å²) in [5.41, 5.74) is 2.56. The Labute approximate surface area is 153 Å². The van der Waals surface area contributed by atoms with Gasteiger partial charge in [0, 0.05) is 50.6 Å². The highest BCUT2D eigenvalue weighted by molar-refractivity contribution is 5.74. The average molecular weight is 355 g/mol. The molecular formula is C19H25N5O2. The van der Waals surface area contributed by atoms with E-state index in [1.54, 1.807) is 26.4 Å². The first-order valence-electron chi connectivity index (χ1n) is 8.74. The van der Waals surface area contributed by atoms with Gasteiger partial charge < -0.3 is 15.0 Å². The van der Waals surface area contributed by atoms with Crippen molar-refractivity contribution in [3.63, 3.8) is 0 Å². The number of amides is 1. The van der Waals surface area contributed by atoms with Gasteiger partial charge in [0.05, 0.1) is 17.8 Å². The molecule has 0 fully saturated rings. The Morgan fingerprint density at radius 2 is 2.04 bits per heavy atom. The lowest BCUT2D eigenvalue weighted by atomic mass is 10.0. The average Bonchev–Trinajstić information content (AvgIpc) is 2.66. The minimum Gasteiger partial charge on any atom is -0.377 e. The van der Waals surface area contributed by atoms with E-state index in [9.17, 15) is 4.79 Å². The molecular weight excluding hydrogens is 330 g/mol. The molecule has 3 rings (SSSR count). The summed E-state index contributed by atoms with van der Waals surface area (Å²) in [5, 5.41) is 3.42. The van der Waals surface area contributed by atoms with Crippen LogP contribution in [-0.2, 0) is 22.5 Å². The Kier molecular flexibility index (Phi) is 5.18. The molecule has 2 aromatic heterocycles. The summed E-state index contributed by atoms with van der Waals surface area (Å²) >= 11 is 0. The summed E-state index contributed by atoms with van der Waals surface area (Å²) in [7, 11) is 1.70. The molecule has 0 atom stereocenters. The summed E-state index contributed by atoms with van der Waals surface area (Å²) in [6, 6.07) is 3.77. The quantitative estimate of drug-likeness (QED) is 0.886. The van der Waals surface area contributed by atoms with Crippen molar-refractivity contribution in [1.29, 1.82) is 0 Å². The molecule has 7 nitrogen and oxygen atoms in total. The van der Waals surface area contributed by atoms with Crippen LogP contribution in [0.25, 0.3) is 11.4 Å². The second-order valence-corrected chi connectivity index (χ2v) is 7.06. The molecule has 1 aliphatic heterocycles. The maximum absolute atomic E-state index is 11.8. The van der Waals surface area contributed by atoms with Gasteiger partial charge in [-0.05, 0) is 32.4 Å². The highest BCUT2D eigenvalue weighted by Crippen LogP contribution is 2.27. The van der Waals surface area contributed by atoms with E-state index in [2.05, 4.69) is 10.3 Å². The fourth-order valence-electron chi connectivity index (χ4n) is 2.84. The molecule has 1 amide bonds. The van der Waals surface area contributed by atoms with Crippen molar-refractivity contribution in [2.45, 2.75) is 39.3 Å². The molecule has 0 aliphatic carbocycles. The zero-order valence-corrected chi connectivity index (χ0v) is 15.7. The van der Waals surface area contributed by atoms with Crippen LogP contribution in [0.3, 0.4) is 0 Å². The van der Waals surface area contributed by atoms with Crippen LogP contribution in [0.4, 0.5) is 5.82 Å². The number of ether oxygens (including phenoxy) is 1. The standard InChI is InChI=1S/C19H25N5O2/c1-13(25)24-10-7-15-16(11-24)22-17(14-5-8-20-9-6-14)23-18(15)21-12-19(2,3)26-4/h5-6,8-9H,7,10-12H2,1-4H3,(H,21,22,23). The predicted molar refractivity (Wildman–Crippen MR) is 99.6 cm³/mol. The molecule has 0 radical (unpaired) electrons. The molecule has 0 aromatic carbocycles. The third kappa shape index (κ3) is 3.99. The van der Waals surface area contributed by atoms with Gasteiger partial charge in [0.1, 0.15) is 5.82 Å². The third-order valence-corrected chi connectivity index (χ3v) is 4.68. The van der Waals surface area contributed by atoms with Crippen molar-refractivity contribution in [2.24, 2.45) is 0 Å². The van der Waals surface area contributed by atoms with Gasteiger partial charge in [0.15, 0.2) is 5.82 Å². The van der Waals surface area contributed by atoms with E-state index in [-0.39, 0.29) is 11.5 Å². The number of aromatic nitrogens is 3. The molecule has 138 valence electrons. The van der Waals surface area contributed by atoms with Gasteiger partial charge in [0.2, 0.25) is 5.91 Å². The Balaban J connectivity index is 1.99. The number of nitrogens with one attached hydrogen (secondary N) is 1. The van der Waals surface area contributed by atoms with E-state index in [4.69, 9.17) is 14.7 Å². The van der Waals surface area contributed by atoms with Gasteiger partial charge >= 0.3 is 0 Å². The lowest BCUT2D eigenvalue weighted by Gasteiger charge is -2.30. The highest BCUT2D eigenvalue weighted by Gasteiger charge is 2.25. The van der Waals surface area contributed by atoms with Crippen LogP contribution in [0.1, 0.15) is 32.0 Å². The number of pyridine rings is 1. The van der Waals surface area contributed by atoms with Gasteiger partial charge in [-0.3, -0.25) is 9.78 Å².